The van der Waals surface area contributed by atoms with Gasteiger partial charge in [-0.1, -0.05) is 102 Å². The van der Waals surface area contributed by atoms with E-state index in [0.29, 0.717) is 24.8 Å². The molecule has 0 radical (unpaired) electrons. The molecule has 1 aromatic carbocycles. The van der Waals surface area contributed by atoms with Crippen LogP contribution in [-0.4, -0.2) is 72.6 Å². The Morgan fingerprint density at radius 3 is 1.69 bits per heavy atom. The summed E-state index contributed by atoms with van der Waals surface area (Å²) in [4.78, 5) is 61.9. The zero-order valence-corrected chi connectivity index (χ0v) is 35.3. The van der Waals surface area contributed by atoms with E-state index in [-0.39, 0.29) is 68.5 Å². The first kappa shape index (κ1) is 50.9. The highest BCUT2D eigenvalue weighted by Gasteiger charge is 2.31. The molecule has 0 aliphatic rings. The molecular formula is C42H74N12O4. The van der Waals surface area contributed by atoms with Crippen LogP contribution < -0.4 is 49.9 Å². The molecule has 0 aromatic heterocycles. The molecule has 0 aliphatic heterocycles. The average molecular weight is 811 g/mol. The van der Waals surface area contributed by atoms with Crippen LogP contribution in [0.5, 0.6) is 0 Å². The van der Waals surface area contributed by atoms with Gasteiger partial charge in [-0.3, -0.25) is 34.6 Å². The molecular weight excluding hydrogens is 737 g/mol. The Labute approximate surface area is 346 Å². The van der Waals surface area contributed by atoms with Gasteiger partial charge in [0.2, 0.25) is 23.6 Å². The second kappa shape index (κ2) is 30.9. The number of allylic oxidation sites excluding steroid dienone is 2. The summed E-state index contributed by atoms with van der Waals surface area (Å²) in [5, 5.41) is 18.9. The van der Waals surface area contributed by atoms with Crippen LogP contribution in [-0.2, 0) is 25.7 Å². The summed E-state index contributed by atoms with van der Waals surface area (Å²) < 4.78 is 0. The number of amidine groups is 1. The minimum absolute atomic E-state index is 0.0657. The smallest absolute Gasteiger partial charge is 0.243 e. The number of nitrogens with two attached hydrogens (primary N) is 5. The molecule has 3 atom stereocenters. The van der Waals surface area contributed by atoms with Crippen molar-refractivity contribution < 1.29 is 19.2 Å². The highest BCUT2D eigenvalue weighted by atomic mass is 16.2. The van der Waals surface area contributed by atoms with E-state index < -0.39 is 35.8 Å². The molecule has 4 amide bonds. The first-order valence-electron chi connectivity index (χ1n) is 21.1. The number of benzene rings is 1. The molecule has 1 aromatic rings. The maximum absolute atomic E-state index is 13.7. The molecule has 0 spiro atoms. The lowest BCUT2D eigenvalue weighted by Crippen LogP contribution is -2.58. The molecule has 16 nitrogen and oxygen atoms in total. The third kappa shape index (κ3) is 24.5. The fraction of sp³-hybridized carbons (Fsp3) is 0.643. The highest BCUT2D eigenvalue weighted by molar-refractivity contribution is 5.95. The van der Waals surface area contributed by atoms with Crippen molar-refractivity contribution in [2.75, 3.05) is 13.1 Å². The predicted molar refractivity (Wildman–Crippen MR) is 235 cm³/mol. The van der Waals surface area contributed by atoms with Crippen LogP contribution in [0, 0.1) is 11.3 Å². The zero-order chi connectivity index (χ0) is 43.1. The number of carbonyl (C=O) groups excluding carboxylic acids is 4. The number of rotatable bonds is 32. The first-order chi connectivity index (χ1) is 27.7. The second-order valence-electron chi connectivity index (χ2n) is 15.1. The van der Waals surface area contributed by atoms with E-state index >= 15 is 0 Å². The minimum Gasteiger partial charge on any atom is -0.384 e. The number of guanidine groups is 2. The molecule has 15 N–H and O–H groups in total. The third-order valence-electron chi connectivity index (χ3n) is 9.57. The standard InChI is InChI=1S/C42H74N12O4/c1-4-5-6-7-8-9-10-11-12-13-14-15-16-17-22-35(55)52-34(21-19-28-50-42(47)48)39(57)54-36(30(2)3)40(58)53-33(20-18-27-49-41(45)46)38(56)51-29-31-23-25-32(26-24-31)37(43)44/h11-12,23-26,30,33-34,36H,4-10,13-22,27-29H2,1-3H3,(H3,43,44)(H,51,56)(H,52,55)(H,53,58)(H,54,57)(H4,45,46,49)(H4,47,48,50)/b12-11-/t33-,34-,36-/m0/s1. The average Bonchev–Trinajstić information content (AvgIpc) is 3.18. The van der Waals surface area contributed by atoms with Crippen LogP contribution in [0.15, 0.2) is 46.4 Å². The molecule has 0 heterocycles. The molecule has 0 bridgehead atoms. The number of amides is 4. The summed E-state index contributed by atoms with van der Waals surface area (Å²) in [6, 6.07) is 3.95. The fourth-order valence-corrected chi connectivity index (χ4v) is 6.16. The van der Waals surface area contributed by atoms with Gasteiger partial charge >= 0.3 is 0 Å². The van der Waals surface area contributed by atoms with Gasteiger partial charge in [0, 0.05) is 31.6 Å². The SMILES string of the molecule is CCCCCCCC/C=C\CCCCCCC(=O)N[C@@H](CCCN=C(N)N)C(=O)N[C@H](C(=O)N[C@@H](CCCN=C(N)N)C(=O)NCc1ccc(C(=N)N)cc1)C(C)C. The Hall–Kier alpha value is -5.15. The largest absolute Gasteiger partial charge is 0.384 e. The lowest BCUT2D eigenvalue weighted by atomic mass is 10.0. The predicted octanol–water partition coefficient (Wildman–Crippen LogP) is 3.45. The zero-order valence-electron chi connectivity index (χ0n) is 35.3. The highest BCUT2D eigenvalue weighted by Crippen LogP contribution is 2.12. The summed E-state index contributed by atoms with van der Waals surface area (Å²) in [6.07, 6.45) is 19.7. The Balaban J connectivity index is 2.84. The molecule has 1 rings (SSSR count). The normalized spacial score (nSPS) is 12.6. The van der Waals surface area contributed by atoms with Crippen molar-refractivity contribution in [2.24, 2.45) is 44.6 Å². The Kier molecular flexibility index (Phi) is 27.1. The Morgan fingerprint density at radius 1 is 0.655 bits per heavy atom. The molecule has 16 heteroatoms. The van der Waals surface area contributed by atoms with Crippen molar-refractivity contribution in [2.45, 2.75) is 155 Å². The molecule has 0 saturated carbocycles. The fourth-order valence-electron chi connectivity index (χ4n) is 6.16. The first-order valence-corrected chi connectivity index (χ1v) is 21.1. The van der Waals surface area contributed by atoms with Crippen molar-refractivity contribution in [1.82, 2.24) is 21.3 Å². The summed E-state index contributed by atoms with van der Waals surface area (Å²) >= 11 is 0. The van der Waals surface area contributed by atoms with Gasteiger partial charge in [0.15, 0.2) is 11.9 Å². The molecule has 0 aliphatic carbocycles. The molecule has 0 saturated heterocycles. The van der Waals surface area contributed by atoms with E-state index in [1.165, 1.54) is 38.5 Å². The van der Waals surface area contributed by atoms with Crippen molar-refractivity contribution in [1.29, 1.82) is 5.41 Å². The van der Waals surface area contributed by atoms with Crippen LogP contribution in [0.4, 0.5) is 0 Å². The minimum atomic E-state index is -1.02. The van der Waals surface area contributed by atoms with Gasteiger partial charge in [-0.15, -0.1) is 0 Å². The molecule has 0 unspecified atom stereocenters. The molecule has 326 valence electrons. The van der Waals surface area contributed by atoms with E-state index in [1.807, 2.05) is 0 Å². The van der Waals surface area contributed by atoms with Crippen LogP contribution in [0.2, 0.25) is 0 Å². The second-order valence-corrected chi connectivity index (χ2v) is 15.1. The van der Waals surface area contributed by atoms with Crippen molar-refractivity contribution in [3.8, 4) is 0 Å². The number of unbranched alkanes of at least 4 members (excludes halogenated alkanes) is 10. The summed E-state index contributed by atoms with van der Waals surface area (Å²) in [5.41, 5.74) is 28.7. The van der Waals surface area contributed by atoms with Crippen molar-refractivity contribution >= 4 is 41.4 Å². The Bertz CT molecular complexity index is 1450. The van der Waals surface area contributed by atoms with E-state index in [2.05, 4.69) is 50.3 Å². The van der Waals surface area contributed by atoms with Gasteiger partial charge in [0.25, 0.3) is 0 Å². The lowest BCUT2D eigenvalue weighted by Gasteiger charge is -2.27. The quantitative estimate of drug-likeness (QED) is 0.0220. The van der Waals surface area contributed by atoms with E-state index in [1.54, 1.807) is 38.1 Å². The number of carbonyl (C=O) groups is 4. The number of nitrogens with one attached hydrogen (secondary N) is 5. The topological polar surface area (TPSA) is 295 Å². The Morgan fingerprint density at radius 2 is 1.17 bits per heavy atom. The number of aliphatic imine (C=N–C) groups is 2. The van der Waals surface area contributed by atoms with Gasteiger partial charge in [0.05, 0.1) is 0 Å². The van der Waals surface area contributed by atoms with Crippen LogP contribution in [0.1, 0.15) is 141 Å². The summed E-state index contributed by atoms with van der Waals surface area (Å²) in [5.74, 6) is -2.36. The lowest BCUT2D eigenvalue weighted by molar-refractivity contribution is -0.134. The van der Waals surface area contributed by atoms with E-state index in [4.69, 9.17) is 34.1 Å². The van der Waals surface area contributed by atoms with Gasteiger partial charge in [-0.05, 0) is 69.3 Å². The molecule has 58 heavy (non-hydrogen) atoms. The van der Waals surface area contributed by atoms with Crippen LogP contribution in [0.3, 0.4) is 0 Å². The van der Waals surface area contributed by atoms with Crippen LogP contribution >= 0.6 is 0 Å². The number of hydrogen-bond donors (Lipinski definition) is 10. The number of nitrogens with zero attached hydrogens (tertiary/aromatic N) is 2. The van der Waals surface area contributed by atoms with E-state index in [9.17, 15) is 19.2 Å². The summed E-state index contributed by atoms with van der Waals surface area (Å²) in [6.45, 7) is 6.47. The summed E-state index contributed by atoms with van der Waals surface area (Å²) in [7, 11) is 0. The van der Waals surface area contributed by atoms with Gasteiger partial charge in [-0.2, -0.15) is 0 Å². The van der Waals surface area contributed by atoms with Gasteiger partial charge < -0.3 is 49.9 Å². The van der Waals surface area contributed by atoms with Crippen molar-refractivity contribution in [3.05, 3.63) is 47.5 Å². The van der Waals surface area contributed by atoms with Crippen molar-refractivity contribution in [3.63, 3.8) is 0 Å². The molecule has 0 fully saturated rings. The van der Waals surface area contributed by atoms with Crippen LogP contribution in [0.25, 0.3) is 0 Å². The number of nitrogen functional groups attached to an aromatic ring is 1. The third-order valence-corrected chi connectivity index (χ3v) is 9.57. The maximum Gasteiger partial charge on any atom is 0.243 e. The maximum atomic E-state index is 13.7. The number of hydrogen-bond acceptors (Lipinski definition) is 7. The monoisotopic (exact) mass is 811 g/mol. The van der Waals surface area contributed by atoms with Gasteiger partial charge in [-0.25, -0.2) is 0 Å². The van der Waals surface area contributed by atoms with Gasteiger partial charge in [0.1, 0.15) is 24.0 Å². The van der Waals surface area contributed by atoms with E-state index in [0.717, 1.165) is 37.7 Å².